The third-order valence-corrected chi connectivity index (χ3v) is 14.8. The molecule has 0 amide bonds. The number of ether oxygens (including phenoxy) is 1. The largest absolute Gasteiger partial charge is 0.432 e. The fraction of sp³-hybridized carbons (Fsp3) is 0.277. The lowest BCUT2D eigenvalue weighted by atomic mass is 9.77. The molecular weight excluding hydrogens is 839 g/mol. The van der Waals surface area contributed by atoms with Gasteiger partial charge in [-0.15, -0.1) is 4.57 Å². The lowest BCUT2D eigenvalue weighted by Gasteiger charge is -2.49. The van der Waals surface area contributed by atoms with Crippen LogP contribution in [0.15, 0.2) is 164 Å². The van der Waals surface area contributed by atoms with Gasteiger partial charge in [-0.3, -0.25) is 0 Å². The van der Waals surface area contributed by atoms with E-state index in [1.54, 1.807) is 12.1 Å². The van der Waals surface area contributed by atoms with Gasteiger partial charge in [0.15, 0.2) is 6.20 Å². The van der Waals surface area contributed by atoms with Crippen LogP contribution in [0, 0.1) is 5.92 Å². The van der Waals surface area contributed by atoms with Crippen LogP contribution in [0.3, 0.4) is 0 Å². The zero-order chi connectivity index (χ0) is 55.4. The maximum atomic E-state index is 8.40. The molecule has 0 saturated heterocycles. The molecule has 0 saturated carbocycles. The van der Waals surface area contributed by atoms with Crippen molar-refractivity contribution in [2.75, 3.05) is 9.80 Å². The Morgan fingerprint density at radius 1 is 0.580 bits per heavy atom. The molecule has 2 atom stereocenters. The molecule has 1 spiro atoms. The van der Waals surface area contributed by atoms with E-state index in [1.807, 2.05) is 12.1 Å². The predicted molar refractivity (Wildman–Crippen MR) is 286 cm³/mol. The molecule has 1 aromatic heterocycles. The van der Waals surface area contributed by atoms with Crippen LogP contribution in [-0.2, 0) is 28.5 Å². The average molecular weight is 912 g/mol. The summed E-state index contributed by atoms with van der Waals surface area (Å²) < 4.78 is 86.0. The summed E-state index contributed by atoms with van der Waals surface area (Å²) in [6.07, 6.45) is 2.60. The van der Waals surface area contributed by atoms with Gasteiger partial charge in [0.25, 0.3) is 0 Å². The highest BCUT2D eigenvalue weighted by molar-refractivity contribution is 6.03. The normalized spacial score (nSPS) is 19.8. The molecule has 344 valence electrons. The van der Waals surface area contributed by atoms with Crippen molar-refractivity contribution in [3.8, 4) is 61.5 Å². The van der Waals surface area contributed by atoms with Gasteiger partial charge in [0.2, 0.25) is 5.69 Å². The second kappa shape index (κ2) is 15.0. The molecule has 0 aliphatic carbocycles. The van der Waals surface area contributed by atoms with Gasteiger partial charge in [-0.2, -0.15) is 0 Å². The summed E-state index contributed by atoms with van der Waals surface area (Å²) in [5.41, 5.74) is 14.7. The highest BCUT2D eigenvalue weighted by Crippen LogP contribution is 2.68. The molecule has 7 aromatic carbocycles. The first kappa shape index (κ1) is 34.4. The van der Waals surface area contributed by atoms with Crippen molar-refractivity contribution in [3.05, 3.63) is 197 Å². The number of aromatic nitrogens is 1. The zero-order valence-corrected chi connectivity index (χ0v) is 40.7. The molecule has 8 aromatic rings. The van der Waals surface area contributed by atoms with Gasteiger partial charge in [0, 0.05) is 52.3 Å². The minimum Gasteiger partial charge on any atom is -0.410 e. The van der Waals surface area contributed by atoms with Gasteiger partial charge in [-0.1, -0.05) is 185 Å². The molecule has 0 N–H and O–H groups in total. The number of fused-ring (bicyclic) bond motifs is 5. The third kappa shape index (κ3) is 6.58. The van der Waals surface area contributed by atoms with E-state index in [2.05, 4.69) is 197 Å². The number of rotatable bonds is 6. The summed E-state index contributed by atoms with van der Waals surface area (Å²) in [4.78, 5) is 5.10. The van der Waals surface area contributed by atoms with Crippen molar-refractivity contribution in [1.29, 1.82) is 0 Å². The van der Waals surface area contributed by atoms with Crippen LogP contribution in [0.1, 0.15) is 128 Å². The number of hydrogen-bond acceptors (Lipinski definition) is 3. The molecule has 0 bridgehead atoms. The molecular formula is C65H64N3O+. The zero-order valence-electron chi connectivity index (χ0n) is 49.7. The van der Waals surface area contributed by atoms with Crippen LogP contribution >= 0.6 is 0 Å². The highest BCUT2D eigenvalue weighted by atomic mass is 16.5. The first-order chi connectivity index (χ1) is 36.7. The van der Waals surface area contributed by atoms with Crippen molar-refractivity contribution in [2.45, 2.75) is 111 Å². The van der Waals surface area contributed by atoms with Gasteiger partial charge in [-0.05, 0) is 109 Å². The van der Waals surface area contributed by atoms with Crippen molar-refractivity contribution in [1.82, 2.24) is 0 Å². The molecule has 12 rings (SSSR count). The van der Waals surface area contributed by atoms with E-state index in [-0.39, 0.29) is 16.4 Å². The smallest absolute Gasteiger partial charge is 0.410 e. The van der Waals surface area contributed by atoms with Crippen molar-refractivity contribution >= 4 is 17.1 Å². The lowest BCUT2D eigenvalue weighted by molar-refractivity contribution is -0.774. The van der Waals surface area contributed by atoms with Crippen molar-refractivity contribution in [2.24, 2.45) is 5.92 Å². The standard InChI is InChI=1S/C65H64N3O/c1-40(2)33-41-25-30-55(50(34-41)44-21-16-13-17-22-44)67-56-24-18-23-49-51-35-46(42-19-14-12-15-20-42)36-52-57-37-45(43-26-28-47(29-27-43)62(3,4)5)31-32-66(57)65(58(51)52)68(59(49)56)61(67)53-38-48(63(6,7)8)39-54(60(53)69-65)64(9,10)11/h12-32,34-40,61H,33H2,1-11H3/q+1/i3D3,4D3,5D3. The number of para-hydroxylation sites is 1. The minimum atomic E-state index is -3.38. The number of nitrogens with zero attached hydrogens (tertiary/aromatic N) is 3. The Bertz CT molecular complexity index is 3680. The number of hydrogen-bond donors (Lipinski definition) is 0. The van der Waals surface area contributed by atoms with Crippen LogP contribution in [0.25, 0.3) is 55.8 Å². The average Bonchev–Trinajstić information content (AvgIpc) is 1.71. The van der Waals surface area contributed by atoms with E-state index in [0.717, 1.165) is 96.1 Å². The Labute approximate surface area is 422 Å². The summed E-state index contributed by atoms with van der Waals surface area (Å²) in [6.45, 7) is 8.02. The fourth-order valence-corrected chi connectivity index (χ4v) is 11.5. The molecule has 5 heterocycles. The first-order valence-electron chi connectivity index (χ1n) is 28.9. The summed E-state index contributed by atoms with van der Waals surface area (Å²) >= 11 is 0. The molecule has 0 fully saturated rings. The number of benzene rings is 7. The van der Waals surface area contributed by atoms with E-state index in [4.69, 9.17) is 17.1 Å². The molecule has 4 heteroatoms. The third-order valence-electron chi connectivity index (χ3n) is 14.8. The van der Waals surface area contributed by atoms with E-state index in [9.17, 15) is 0 Å². The monoisotopic (exact) mass is 912 g/mol. The van der Waals surface area contributed by atoms with Crippen molar-refractivity contribution in [3.63, 3.8) is 0 Å². The molecule has 4 aliphatic rings. The van der Waals surface area contributed by atoms with Crippen molar-refractivity contribution < 1.29 is 21.6 Å². The van der Waals surface area contributed by atoms with Gasteiger partial charge < -0.3 is 9.64 Å². The maximum Gasteiger partial charge on any atom is 0.432 e. The highest BCUT2D eigenvalue weighted by Gasteiger charge is 2.70. The Hall–Kier alpha value is -6.91. The van der Waals surface area contributed by atoms with E-state index >= 15 is 0 Å². The Morgan fingerprint density at radius 3 is 1.96 bits per heavy atom. The van der Waals surface area contributed by atoms with Crippen LogP contribution in [0.4, 0.5) is 17.1 Å². The molecule has 69 heavy (non-hydrogen) atoms. The van der Waals surface area contributed by atoms with Gasteiger partial charge in [0.05, 0.1) is 22.6 Å². The van der Waals surface area contributed by atoms with Crippen LogP contribution in [0.5, 0.6) is 5.75 Å². The summed E-state index contributed by atoms with van der Waals surface area (Å²) in [6, 6.07) is 54.3. The predicted octanol–water partition coefficient (Wildman–Crippen LogP) is 16.4. The lowest BCUT2D eigenvalue weighted by Crippen LogP contribution is -2.71. The van der Waals surface area contributed by atoms with E-state index in [1.165, 1.54) is 23.3 Å². The van der Waals surface area contributed by atoms with Crippen LogP contribution in [0.2, 0.25) is 0 Å². The van der Waals surface area contributed by atoms with Crippen LogP contribution < -0.4 is 19.1 Å². The Morgan fingerprint density at radius 2 is 1.28 bits per heavy atom. The number of pyridine rings is 1. The summed E-state index contributed by atoms with van der Waals surface area (Å²) in [5.74, 6) is 0.0186. The topological polar surface area (TPSA) is 19.6 Å². The maximum absolute atomic E-state index is 8.40. The fourth-order valence-electron chi connectivity index (χ4n) is 11.5. The van der Waals surface area contributed by atoms with Crippen LogP contribution in [-0.4, -0.2) is 0 Å². The minimum absolute atomic E-state index is 0.203. The quantitative estimate of drug-likeness (QED) is 0.155. The Kier molecular flexibility index (Phi) is 7.50. The van der Waals surface area contributed by atoms with E-state index < -0.39 is 38.0 Å². The summed E-state index contributed by atoms with van der Waals surface area (Å²) in [7, 11) is 0. The number of anilines is 3. The molecule has 4 nitrogen and oxygen atoms in total. The SMILES string of the molecule is [2H]C([2H])([2H])C(c1ccc(-c2cc[n+]3c(c2)-c2cc(-c4ccccc4)cc4c2C32Oc3c(cc(C(C)(C)C)cc3C(C)(C)C)C3N(c5ccc(CC(C)C)cc5-c5ccccc5)c5cccc-4c5N32)cc1)(C([2H])([2H])[2H])C([2H])([2H])[2H]. The van der Waals surface area contributed by atoms with Gasteiger partial charge >= 0.3 is 5.85 Å². The second-order valence-electron chi connectivity index (χ2n) is 22.1. The first-order valence-corrected chi connectivity index (χ1v) is 24.4. The van der Waals surface area contributed by atoms with Gasteiger partial charge in [-0.25, -0.2) is 4.90 Å². The summed E-state index contributed by atoms with van der Waals surface area (Å²) in [5, 5.41) is 0. The molecule has 2 unspecified atom stereocenters. The molecule has 4 aliphatic heterocycles. The second-order valence-corrected chi connectivity index (χ2v) is 22.1. The molecule has 0 radical (unpaired) electrons. The van der Waals surface area contributed by atoms with Gasteiger partial charge in [0.1, 0.15) is 17.5 Å². The Balaban J connectivity index is 1.17. The van der Waals surface area contributed by atoms with E-state index in [0.29, 0.717) is 11.5 Å².